The molecular weight excluding hydrogens is 403 g/mol. The van der Waals surface area contributed by atoms with Crippen LogP contribution < -0.4 is 4.72 Å². The lowest BCUT2D eigenvalue weighted by Gasteiger charge is -2.15. The van der Waals surface area contributed by atoms with E-state index in [1.807, 2.05) is 20.8 Å². The van der Waals surface area contributed by atoms with E-state index in [2.05, 4.69) is 9.46 Å². The fourth-order valence-electron chi connectivity index (χ4n) is 2.12. The molecule has 1 aromatic carbocycles. The van der Waals surface area contributed by atoms with Gasteiger partial charge >= 0.3 is 12.1 Å². The Hall–Kier alpha value is -2.07. The Morgan fingerprint density at radius 2 is 1.78 bits per heavy atom. The summed E-state index contributed by atoms with van der Waals surface area (Å²) >= 11 is 1.06. The minimum Gasteiger partial charge on any atom is -0.465 e. The molecule has 2 aromatic rings. The number of ether oxygens (including phenoxy) is 1. The van der Waals surface area contributed by atoms with Crippen LogP contribution in [0.1, 0.15) is 40.9 Å². The SMILES string of the molecule is COC(=O)c1sc(C(C)(C)C)cc1NS(=O)(=O)c1cccc(C(F)(F)F)c1. The highest BCUT2D eigenvalue weighted by Crippen LogP contribution is 2.37. The lowest BCUT2D eigenvalue weighted by atomic mass is 9.95. The second kappa shape index (κ2) is 7.16. The van der Waals surface area contributed by atoms with Crippen LogP contribution in [0.25, 0.3) is 0 Å². The van der Waals surface area contributed by atoms with Gasteiger partial charge in [-0.25, -0.2) is 13.2 Å². The molecule has 27 heavy (non-hydrogen) atoms. The molecule has 0 saturated heterocycles. The van der Waals surface area contributed by atoms with Crippen LogP contribution in [0, 0.1) is 0 Å². The van der Waals surface area contributed by atoms with Gasteiger partial charge in [-0.15, -0.1) is 11.3 Å². The molecule has 10 heteroatoms. The molecule has 0 aliphatic heterocycles. The topological polar surface area (TPSA) is 72.5 Å². The maximum Gasteiger partial charge on any atom is 0.416 e. The lowest BCUT2D eigenvalue weighted by Crippen LogP contribution is -2.16. The first kappa shape index (κ1) is 21.2. The number of carbonyl (C=O) groups excluding carboxylic acids is 1. The van der Waals surface area contributed by atoms with Gasteiger partial charge in [-0.1, -0.05) is 26.8 Å². The molecule has 2 rings (SSSR count). The van der Waals surface area contributed by atoms with E-state index in [1.54, 1.807) is 0 Å². The van der Waals surface area contributed by atoms with Gasteiger partial charge in [0, 0.05) is 4.88 Å². The van der Waals surface area contributed by atoms with Crippen LogP contribution >= 0.6 is 11.3 Å². The maximum absolute atomic E-state index is 12.9. The number of nitrogens with one attached hydrogen (secondary N) is 1. The van der Waals surface area contributed by atoms with Gasteiger partial charge in [-0.3, -0.25) is 4.72 Å². The Morgan fingerprint density at radius 3 is 2.30 bits per heavy atom. The summed E-state index contributed by atoms with van der Waals surface area (Å²) < 4.78 is 70.6. The van der Waals surface area contributed by atoms with Gasteiger partial charge in [0.15, 0.2) is 0 Å². The van der Waals surface area contributed by atoms with Gasteiger partial charge in [-0.05, 0) is 29.7 Å². The summed E-state index contributed by atoms with van der Waals surface area (Å²) in [7, 11) is -3.19. The Kier molecular flexibility index (Phi) is 5.63. The third-order valence-corrected chi connectivity index (χ3v) is 6.46. The molecule has 0 atom stereocenters. The standard InChI is InChI=1S/C17H18F3NO4S2/c1-16(2,3)13-9-12(14(26-13)15(22)25-4)21-27(23,24)11-7-5-6-10(8-11)17(18,19)20/h5-9,21H,1-4H3. The number of hydrogen-bond donors (Lipinski definition) is 1. The summed E-state index contributed by atoms with van der Waals surface area (Å²) in [4.78, 5) is 12.2. The Balaban J connectivity index is 2.49. The number of hydrogen-bond acceptors (Lipinski definition) is 5. The van der Waals surface area contributed by atoms with E-state index in [0.29, 0.717) is 10.9 Å². The first-order valence-corrected chi connectivity index (χ1v) is 9.98. The summed E-state index contributed by atoms with van der Waals surface area (Å²) in [5.74, 6) is -0.739. The number of carbonyl (C=O) groups is 1. The van der Waals surface area contributed by atoms with Crippen molar-refractivity contribution >= 4 is 33.0 Å². The van der Waals surface area contributed by atoms with Crippen LogP contribution in [0.3, 0.4) is 0 Å². The minimum atomic E-state index is -4.68. The van der Waals surface area contributed by atoms with E-state index in [1.165, 1.54) is 6.07 Å². The summed E-state index contributed by atoms with van der Waals surface area (Å²) in [5, 5.41) is 0. The molecule has 0 radical (unpaired) electrons. The van der Waals surface area contributed by atoms with Crippen LogP contribution in [0.4, 0.5) is 18.9 Å². The van der Waals surface area contributed by atoms with Crippen molar-refractivity contribution in [1.82, 2.24) is 0 Å². The predicted molar refractivity (Wildman–Crippen MR) is 96.6 cm³/mol. The van der Waals surface area contributed by atoms with Crippen molar-refractivity contribution < 1.29 is 31.1 Å². The number of thiophene rings is 1. The van der Waals surface area contributed by atoms with Gasteiger partial charge in [0.2, 0.25) is 0 Å². The van der Waals surface area contributed by atoms with Crippen molar-refractivity contribution in [3.05, 3.63) is 45.6 Å². The lowest BCUT2D eigenvalue weighted by molar-refractivity contribution is -0.137. The first-order valence-electron chi connectivity index (χ1n) is 7.68. The molecule has 5 nitrogen and oxygen atoms in total. The fraction of sp³-hybridized carbons (Fsp3) is 0.353. The average molecular weight is 421 g/mol. The number of rotatable bonds is 4. The monoisotopic (exact) mass is 421 g/mol. The van der Waals surface area contributed by atoms with E-state index in [-0.39, 0.29) is 16.0 Å². The van der Waals surface area contributed by atoms with Gasteiger partial charge in [0.1, 0.15) is 4.88 Å². The third-order valence-electron chi connectivity index (χ3n) is 3.56. The largest absolute Gasteiger partial charge is 0.465 e. The minimum absolute atomic E-state index is 0.0259. The Morgan fingerprint density at radius 1 is 1.15 bits per heavy atom. The molecule has 0 aliphatic carbocycles. The number of esters is 1. The Labute approximate surface area is 159 Å². The third kappa shape index (κ3) is 4.81. The average Bonchev–Trinajstić information content (AvgIpc) is 2.97. The van der Waals surface area contributed by atoms with Crippen molar-refractivity contribution in [1.29, 1.82) is 0 Å². The van der Waals surface area contributed by atoms with E-state index in [4.69, 9.17) is 0 Å². The molecule has 0 fully saturated rings. The van der Waals surface area contributed by atoms with Gasteiger partial charge in [-0.2, -0.15) is 13.2 Å². The van der Waals surface area contributed by atoms with Crippen LogP contribution in [-0.2, 0) is 26.4 Å². The zero-order valence-electron chi connectivity index (χ0n) is 15.0. The molecule has 1 N–H and O–H groups in total. The molecule has 0 unspecified atom stereocenters. The summed E-state index contributed by atoms with van der Waals surface area (Å²) in [6.45, 7) is 5.64. The number of alkyl halides is 3. The summed E-state index contributed by atoms with van der Waals surface area (Å²) in [5.41, 5.74) is -1.48. The van der Waals surface area contributed by atoms with Crippen molar-refractivity contribution in [3.63, 3.8) is 0 Å². The van der Waals surface area contributed by atoms with E-state index in [0.717, 1.165) is 36.6 Å². The first-order chi connectivity index (χ1) is 12.3. The van der Waals surface area contributed by atoms with Gasteiger partial charge in [0.25, 0.3) is 10.0 Å². The van der Waals surface area contributed by atoms with Crippen molar-refractivity contribution in [2.75, 3.05) is 11.8 Å². The zero-order valence-corrected chi connectivity index (χ0v) is 16.6. The molecule has 0 bridgehead atoms. The molecule has 0 spiro atoms. The quantitative estimate of drug-likeness (QED) is 0.730. The highest BCUT2D eigenvalue weighted by Gasteiger charge is 2.32. The molecule has 0 aliphatic rings. The van der Waals surface area contributed by atoms with Gasteiger partial charge in [0.05, 0.1) is 23.3 Å². The van der Waals surface area contributed by atoms with Gasteiger partial charge < -0.3 is 4.74 Å². The zero-order chi connectivity index (χ0) is 20.6. The molecule has 1 aromatic heterocycles. The molecule has 148 valence electrons. The number of benzene rings is 1. The predicted octanol–water partition coefficient (Wildman–Crippen LogP) is 4.65. The van der Waals surface area contributed by atoms with Crippen LogP contribution in [0.15, 0.2) is 35.2 Å². The normalized spacial score (nSPS) is 12.7. The van der Waals surface area contributed by atoms with E-state index in [9.17, 15) is 26.4 Å². The van der Waals surface area contributed by atoms with Crippen LogP contribution in [0.2, 0.25) is 0 Å². The second-order valence-electron chi connectivity index (χ2n) is 6.73. The highest BCUT2D eigenvalue weighted by molar-refractivity contribution is 7.92. The number of anilines is 1. The van der Waals surface area contributed by atoms with Crippen LogP contribution in [0.5, 0.6) is 0 Å². The molecular formula is C17H18F3NO4S2. The fourth-order valence-corrected chi connectivity index (χ4v) is 4.39. The number of methoxy groups -OCH3 is 1. The van der Waals surface area contributed by atoms with E-state index < -0.39 is 32.6 Å². The van der Waals surface area contributed by atoms with Crippen molar-refractivity contribution in [2.45, 2.75) is 37.3 Å². The smallest absolute Gasteiger partial charge is 0.416 e. The summed E-state index contributed by atoms with van der Waals surface area (Å²) in [6, 6.07) is 4.86. The number of sulfonamides is 1. The van der Waals surface area contributed by atoms with Crippen molar-refractivity contribution in [3.8, 4) is 0 Å². The molecule has 0 saturated carbocycles. The van der Waals surface area contributed by atoms with E-state index >= 15 is 0 Å². The molecule has 1 heterocycles. The maximum atomic E-state index is 12.9. The summed E-state index contributed by atoms with van der Waals surface area (Å²) in [6.07, 6.45) is -4.68. The number of halogens is 3. The van der Waals surface area contributed by atoms with Crippen molar-refractivity contribution in [2.24, 2.45) is 0 Å². The second-order valence-corrected chi connectivity index (χ2v) is 9.46. The Bertz CT molecular complexity index is 957. The van der Waals surface area contributed by atoms with Crippen LogP contribution in [-0.4, -0.2) is 21.5 Å². The highest BCUT2D eigenvalue weighted by atomic mass is 32.2. The molecule has 0 amide bonds.